The predicted octanol–water partition coefficient (Wildman–Crippen LogP) is 7.35. The average molecular weight is 1340 g/mol. The number of methoxy groups -OCH3 is 5. The maximum absolute atomic E-state index is 13.1. The Morgan fingerprint density at radius 2 is 1.23 bits per heavy atom. The van der Waals surface area contributed by atoms with E-state index in [4.69, 9.17) is 105 Å². The number of aliphatic hydroxyl groups is 2. The van der Waals surface area contributed by atoms with Gasteiger partial charge in [0.2, 0.25) is 12.1 Å². The van der Waals surface area contributed by atoms with Gasteiger partial charge in [-0.2, -0.15) is 4.89 Å². The molecule has 34 atom stereocenters. The number of Topliss-reactive ketones (excluding diaryl/α,β-unsaturated/α-hetero) is 1. The molecule has 0 aromatic carbocycles. The number of rotatable bonds is 19. The van der Waals surface area contributed by atoms with E-state index in [2.05, 4.69) is 26.8 Å². The average Bonchev–Trinajstić information content (AvgIpc) is 1.33. The summed E-state index contributed by atoms with van der Waals surface area (Å²) in [5.74, 6) is 0.949. The van der Waals surface area contributed by atoms with Gasteiger partial charge in [0.1, 0.15) is 43.2 Å². The molecule has 94 heavy (non-hydrogen) atoms. The number of fused-ring (bicyclic) bond motifs is 6. The van der Waals surface area contributed by atoms with Crippen LogP contribution >= 0.6 is 0 Å². The van der Waals surface area contributed by atoms with Gasteiger partial charge in [0.25, 0.3) is 5.78 Å². The number of carbonyl (C=O) groups is 1. The lowest BCUT2D eigenvalue weighted by Crippen LogP contribution is -2.58. The zero-order chi connectivity index (χ0) is 66.7. The fraction of sp³-hybridized carbons (Fsp3) is 0.928. The van der Waals surface area contributed by atoms with E-state index in [0.29, 0.717) is 48.7 Å². The summed E-state index contributed by atoms with van der Waals surface area (Å²) in [7, 11) is 7.90. The Balaban J connectivity index is 0.584. The van der Waals surface area contributed by atoms with Crippen LogP contribution in [0.4, 0.5) is 0 Å². The molecule has 536 valence electrons. The van der Waals surface area contributed by atoms with Gasteiger partial charge in [0, 0.05) is 67.0 Å². The molecular formula is C69H110O25. The Bertz CT molecular complexity index is 2570. The molecule has 25 nitrogen and oxygen atoms in total. The van der Waals surface area contributed by atoms with Crippen molar-refractivity contribution >= 4 is 5.78 Å². The molecule has 4 aliphatic carbocycles. The van der Waals surface area contributed by atoms with Crippen LogP contribution in [0.15, 0.2) is 23.5 Å². The molecular weight excluding hydrogens is 1230 g/mol. The van der Waals surface area contributed by atoms with Crippen LogP contribution in [-0.2, 0) is 110 Å². The van der Waals surface area contributed by atoms with E-state index in [1.807, 2.05) is 41.5 Å². The van der Waals surface area contributed by atoms with E-state index >= 15 is 0 Å². The highest BCUT2D eigenvalue weighted by Crippen LogP contribution is 2.67. The number of ether oxygens (including phenoxy) is 18. The van der Waals surface area contributed by atoms with Gasteiger partial charge in [-0.15, -0.1) is 0 Å². The van der Waals surface area contributed by atoms with Gasteiger partial charge in [0.05, 0.1) is 98.7 Å². The Morgan fingerprint density at radius 1 is 0.606 bits per heavy atom. The summed E-state index contributed by atoms with van der Waals surface area (Å²) < 4.78 is 112. The number of ketones is 1. The summed E-state index contributed by atoms with van der Waals surface area (Å²) in [6.45, 7) is 20.4. The Morgan fingerprint density at radius 3 is 1.91 bits per heavy atom. The van der Waals surface area contributed by atoms with Crippen molar-refractivity contribution in [2.75, 3.05) is 42.2 Å². The topological polar surface area (TPSA) is 261 Å². The zero-order valence-corrected chi connectivity index (χ0v) is 57.9. The minimum atomic E-state index is -1.32. The van der Waals surface area contributed by atoms with Crippen LogP contribution in [0.1, 0.15) is 159 Å². The van der Waals surface area contributed by atoms with Crippen molar-refractivity contribution in [1.82, 2.24) is 0 Å². The maximum Gasteiger partial charge on any atom is 0.252 e. The second kappa shape index (κ2) is 29.9. The van der Waals surface area contributed by atoms with Crippen LogP contribution in [0, 0.1) is 34.5 Å². The molecule has 25 heteroatoms. The molecule has 2 unspecified atom stereocenters. The molecule has 12 aliphatic rings. The van der Waals surface area contributed by atoms with Crippen LogP contribution in [-0.4, -0.2) is 230 Å². The maximum atomic E-state index is 13.1. The third kappa shape index (κ3) is 14.6. The van der Waals surface area contributed by atoms with Crippen molar-refractivity contribution in [2.24, 2.45) is 34.5 Å². The van der Waals surface area contributed by atoms with Crippen molar-refractivity contribution in [1.29, 1.82) is 0 Å². The van der Waals surface area contributed by atoms with Gasteiger partial charge in [-0.3, -0.25) is 4.79 Å². The van der Waals surface area contributed by atoms with Gasteiger partial charge in [0.15, 0.2) is 37.2 Å². The number of carbonyl (C=O) groups excluding carboxylic acids is 1. The lowest BCUT2D eigenvalue weighted by Gasteiger charge is -2.58. The molecule has 7 saturated heterocycles. The summed E-state index contributed by atoms with van der Waals surface area (Å²) in [6, 6.07) is 0. The minimum Gasteiger partial charge on any atom is -0.493 e. The van der Waals surface area contributed by atoms with E-state index in [1.165, 1.54) is 25.5 Å². The number of hydrogen-bond donors (Lipinski definition) is 2. The van der Waals surface area contributed by atoms with Crippen molar-refractivity contribution in [3.63, 3.8) is 0 Å². The third-order valence-electron chi connectivity index (χ3n) is 23.9. The van der Waals surface area contributed by atoms with Crippen molar-refractivity contribution in [3.8, 4) is 0 Å². The van der Waals surface area contributed by atoms with E-state index in [9.17, 15) is 15.0 Å². The van der Waals surface area contributed by atoms with Crippen LogP contribution in [0.3, 0.4) is 0 Å². The fourth-order valence-corrected chi connectivity index (χ4v) is 18.8. The lowest BCUT2D eigenvalue weighted by atomic mass is 9.47. The van der Waals surface area contributed by atoms with Gasteiger partial charge in [-0.1, -0.05) is 25.5 Å². The van der Waals surface area contributed by atoms with Crippen LogP contribution in [0.2, 0.25) is 0 Å². The Kier molecular flexibility index (Phi) is 22.9. The highest BCUT2D eigenvalue weighted by atomic mass is 17.2. The first-order valence-electron chi connectivity index (χ1n) is 35.1. The molecule has 0 aromatic heterocycles. The van der Waals surface area contributed by atoms with Crippen LogP contribution in [0.25, 0.3) is 0 Å². The summed E-state index contributed by atoms with van der Waals surface area (Å²) >= 11 is 0. The SMILES string of the molecule is COC1=C[C@@H](C)OC(O[C@H]2CC[C@@]3(C)C(=CC[C@H]4[C@@H]5CC[C@H](C(C)O[C@H]6C[C@H]7OC[C@@]8(C[C@@H](OC)[C@H](OO[C@H]9C[C@H](OC)[C@H](O[C@H]%10C[C@@H](O)[C@H](O[C@H]%11C[C@H](OC)[C@H](O[C@H]%12C[C@@H](OC)[C@H](O)[C@@H](C)O%12)[C@@H](C)O%11)[C@@H](C)O%10)[C@@H](C)O9)[C@@H](C)O8)OO[C@@H]7[C@@H](C)O6)[C@@]5(C)CC[C@@H]43)C2)C1=O. The molecule has 10 fully saturated rings. The molecule has 8 aliphatic heterocycles. The third-order valence-corrected chi connectivity index (χ3v) is 23.9. The van der Waals surface area contributed by atoms with Crippen LogP contribution in [0.5, 0.6) is 0 Å². The highest BCUT2D eigenvalue weighted by molar-refractivity contribution is 5.96. The Hall–Kier alpha value is -1.97. The number of hydrogen-bond acceptors (Lipinski definition) is 25. The summed E-state index contributed by atoms with van der Waals surface area (Å²) in [6.07, 6.45) is -0.472. The quantitative estimate of drug-likeness (QED) is 0.0727. The van der Waals surface area contributed by atoms with Crippen molar-refractivity contribution in [2.45, 2.75) is 331 Å². The normalized spacial score (nSPS) is 51.1. The molecule has 0 bridgehead atoms. The second-order valence-corrected chi connectivity index (χ2v) is 29.7. The summed E-state index contributed by atoms with van der Waals surface area (Å²) in [4.78, 5) is 37.7. The summed E-state index contributed by atoms with van der Waals surface area (Å²) in [5.41, 5.74) is 1.74. The molecule has 0 radical (unpaired) electrons. The molecule has 12 rings (SSSR count). The highest BCUT2D eigenvalue weighted by Gasteiger charge is 2.61. The molecule has 3 saturated carbocycles. The van der Waals surface area contributed by atoms with E-state index in [-0.39, 0.29) is 66.9 Å². The summed E-state index contributed by atoms with van der Waals surface area (Å²) in [5, 5.41) is 22.0. The van der Waals surface area contributed by atoms with Gasteiger partial charge >= 0.3 is 0 Å². The molecule has 1 spiro atoms. The molecule has 0 amide bonds. The largest absolute Gasteiger partial charge is 0.493 e. The van der Waals surface area contributed by atoms with E-state index in [0.717, 1.165) is 38.5 Å². The molecule has 2 N–H and O–H groups in total. The predicted molar refractivity (Wildman–Crippen MR) is 329 cm³/mol. The number of allylic oxidation sites excluding steroid dienone is 1. The first kappa shape index (κ1) is 71.8. The van der Waals surface area contributed by atoms with Gasteiger partial charge in [-0.05, 0) is 147 Å². The van der Waals surface area contributed by atoms with Crippen molar-refractivity contribution < 1.29 is 120 Å². The first-order chi connectivity index (χ1) is 45.0. The smallest absolute Gasteiger partial charge is 0.252 e. The lowest BCUT2D eigenvalue weighted by molar-refractivity contribution is -0.491. The number of aliphatic hydroxyl groups excluding tert-OH is 2. The second-order valence-electron chi connectivity index (χ2n) is 29.7. The Labute approximate surface area is 554 Å². The van der Waals surface area contributed by atoms with Gasteiger partial charge in [-0.25, -0.2) is 14.7 Å². The molecule has 0 aromatic rings. The van der Waals surface area contributed by atoms with E-state index in [1.54, 1.807) is 41.4 Å². The van der Waals surface area contributed by atoms with Crippen LogP contribution < -0.4 is 0 Å². The minimum absolute atomic E-state index is 0.0346. The van der Waals surface area contributed by atoms with Gasteiger partial charge < -0.3 is 95.5 Å². The zero-order valence-electron chi connectivity index (χ0n) is 57.9. The van der Waals surface area contributed by atoms with Crippen molar-refractivity contribution in [3.05, 3.63) is 23.5 Å². The fourth-order valence-electron chi connectivity index (χ4n) is 18.8. The first-order valence-corrected chi connectivity index (χ1v) is 35.1. The molecule has 8 heterocycles. The van der Waals surface area contributed by atoms with E-state index < -0.39 is 147 Å². The monoisotopic (exact) mass is 1340 g/mol. The standard InChI is InChI=1S/C69H110O25/c1-33-24-48(73-11)60(72)66(79-33)86-42-20-22-67(9)41(25-42)16-17-43-45-19-18-44(68(45,10)23-21-46(43)67)34(2)80-55-30-52-64(39(7)84-55)93-94-69(32-78-52)31-53(77-15)65(40(8)90-69)92-91-58-29-51(76-14)63(38(6)85-58)88-54-26-47(70)61(36(4)82-54)87-57-28-50(75-13)62(37(5)83-57)89-56-27-49(74-12)59(71)35(3)81-56/h16,24,33-40,42-47,49-59,61-66,70-71H,17-23,25-32H2,1-15H3/t33-,34?,35-,36-,37-,38-,39-,40-,42+,43+,44-,45+,46+,47-,49-,50+,51+,52-,53-,54+,55-,56+,57+,58+,59-,61-,62-,63-,64-,65-,66?,67+,68-,69-/m1/s1.